The maximum Gasteiger partial charge on any atom is 0.375 e. The van der Waals surface area contributed by atoms with Crippen molar-refractivity contribution in [3.63, 3.8) is 0 Å². The third-order valence-corrected chi connectivity index (χ3v) is 3.92. The average molecular weight is 284 g/mol. The van der Waals surface area contributed by atoms with E-state index in [1.807, 2.05) is 6.92 Å². The van der Waals surface area contributed by atoms with Crippen molar-refractivity contribution in [2.24, 2.45) is 5.41 Å². The fourth-order valence-electron chi connectivity index (χ4n) is 2.48. The van der Waals surface area contributed by atoms with Crippen LogP contribution in [0.25, 0.3) is 0 Å². The number of hydrogen-bond donors (Lipinski definition) is 0. The first-order valence-corrected chi connectivity index (χ1v) is 8.23. The Labute approximate surface area is 124 Å². The van der Waals surface area contributed by atoms with Gasteiger partial charge in [-0.05, 0) is 19.8 Å². The second-order valence-corrected chi connectivity index (χ2v) is 5.88. The van der Waals surface area contributed by atoms with Crippen molar-refractivity contribution in [2.75, 3.05) is 6.61 Å². The van der Waals surface area contributed by atoms with Gasteiger partial charge in [0.25, 0.3) is 0 Å². The van der Waals surface area contributed by atoms with Crippen molar-refractivity contribution in [2.45, 2.75) is 85.5 Å². The minimum atomic E-state index is -0.653. The van der Waals surface area contributed by atoms with E-state index in [1.54, 1.807) is 6.92 Å². The maximum atomic E-state index is 12.3. The van der Waals surface area contributed by atoms with Crippen molar-refractivity contribution in [1.82, 2.24) is 0 Å². The Bertz CT molecular complexity index is 286. The average Bonchev–Trinajstić information content (AvgIpc) is 2.44. The van der Waals surface area contributed by atoms with Crippen molar-refractivity contribution in [3.05, 3.63) is 0 Å². The largest absolute Gasteiger partial charge is 0.460 e. The van der Waals surface area contributed by atoms with E-state index in [4.69, 9.17) is 4.74 Å². The predicted molar refractivity (Wildman–Crippen MR) is 82.6 cm³/mol. The summed E-state index contributed by atoms with van der Waals surface area (Å²) in [7, 11) is 0. The number of unbranched alkanes of at least 4 members (excludes halogenated alkanes) is 5. The molecule has 0 heterocycles. The molecule has 0 aromatic heterocycles. The van der Waals surface area contributed by atoms with Gasteiger partial charge in [0.2, 0.25) is 5.78 Å². The third-order valence-electron chi connectivity index (χ3n) is 3.92. The molecule has 0 saturated carbocycles. The maximum absolute atomic E-state index is 12.3. The number of Topliss-reactive ketones (excluding diaryl/α,β-unsaturated/α-hetero) is 1. The standard InChI is InChI=1S/C17H32O3/c1-5-8-10-11-12-14-17(4,13-9-6-2)15(18)16(19)20-7-3/h5-14H2,1-4H3. The smallest absolute Gasteiger partial charge is 0.375 e. The molecule has 0 aromatic rings. The van der Waals surface area contributed by atoms with Crippen LogP contribution in [-0.4, -0.2) is 18.4 Å². The first-order valence-electron chi connectivity index (χ1n) is 8.23. The zero-order valence-corrected chi connectivity index (χ0v) is 13.8. The zero-order chi connectivity index (χ0) is 15.4. The molecule has 0 saturated heterocycles. The van der Waals surface area contributed by atoms with E-state index in [-0.39, 0.29) is 12.4 Å². The molecule has 0 spiro atoms. The van der Waals surface area contributed by atoms with Gasteiger partial charge in [0.05, 0.1) is 6.61 Å². The summed E-state index contributed by atoms with van der Waals surface area (Å²) >= 11 is 0. The van der Waals surface area contributed by atoms with Crippen molar-refractivity contribution in [3.8, 4) is 0 Å². The number of hydrogen-bond acceptors (Lipinski definition) is 3. The number of esters is 1. The van der Waals surface area contributed by atoms with Gasteiger partial charge in [-0.15, -0.1) is 0 Å². The van der Waals surface area contributed by atoms with E-state index in [0.29, 0.717) is 0 Å². The number of carbonyl (C=O) groups is 2. The van der Waals surface area contributed by atoms with Crippen LogP contribution in [0.5, 0.6) is 0 Å². The molecule has 20 heavy (non-hydrogen) atoms. The van der Waals surface area contributed by atoms with Crippen LogP contribution in [0, 0.1) is 5.41 Å². The van der Waals surface area contributed by atoms with Gasteiger partial charge in [-0.2, -0.15) is 0 Å². The van der Waals surface area contributed by atoms with Gasteiger partial charge in [0.15, 0.2) is 0 Å². The summed E-state index contributed by atoms with van der Waals surface area (Å²) in [5.41, 5.74) is -0.533. The van der Waals surface area contributed by atoms with Crippen molar-refractivity contribution in [1.29, 1.82) is 0 Å². The zero-order valence-electron chi connectivity index (χ0n) is 13.8. The Kier molecular flexibility index (Phi) is 10.4. The van der Waals surface area contributed by atoms with Crippen LogP contribution >= 0.6 is 0 Å². The summed E-state index contributed by atoms with van der Waals surface area (Å²) in [4.78, 5) is 24.0. The Morgan fingerprint density at radius 3 is 1.95 bits per heavy atom. The lowest BCUT2D eigenvalue weighted by molar-refractivity contribution is -0.158. The normalized spacial score (nSPS) is 13.8. The van der Waals surface area contributed by atoms with Gasteiger partial charge < -0.3 is 4.74 Å². The highest BCUT2D eigenvalue weighted by atomic mass is 16.5. The van der Waals surface area contributed by atoms with Gasteiger partial charge in [0, 0.05) is 5.41 Å². The van der Waals surface area contributed by atoms with E-state index in [1.165, 1.54) is 19.3 Å². The van der Waals surface area contributed by atoms with E-state index in [2.05, 4.69) is 13.8 Å². The lowest BCUT2D eigenvalue weighted by atomic mass is 9.76. The van der Waals surface area contributed by atoms with Crippen LogP contribution < -0.4 is 0 Å². The number of carbonyl (C=O) groups excluding carboxylic acids is 2. The van der Waals surface area contributed by atoms with Gasteiger partial charge in [-0.1, -0.05) is 65.7 Å². The predicted octanol–water partition coefficient (Wildman–Crippen LogP) is 4.68. The van der Waals surface area contributed by atoms with E-state index in [0.717, 1.165) is 38.5 Å². The Balaban J connectivity index is 4.48. The lowest BCUT2D eigenvalue weighted by Crippen LogP contribution is -2.35. The molecule has 0 aliphatic carbocycles. The minimum Gasteiger partial charge on any atom is -0.460 e. The topological polar surface area (TPSA) is 43.4 Å². The molecule has 0 aliphatic rings. The molecule has 0 amide bonds. The second kappa shape index (κ2) is 10.9. The van der Waals surface area contributed by atoms with Crippen LogP contribution in [0.1, 0.15) is 85.5 Å². The Morgan fingerprint density at radius 1 is 0.850 bits per heavy atom. The lowest BCUT2D eigenvalue weighted by Gasteiger charge is -2.27. The number of rotatable bonds is 12. The molecule has 0 fully saturated rings. The Morgan fingerprint density at radius 2 is 1.40 bits per heavy atom. The Hall–Kier alpha value is -0.860. The molecule has 1 atom stereocenters. The monoisotopic (exact) mass is 284 g/mol. The van der Waals surface area contributed by atoms with Gasteiger partial charge in [-0.25, -0.2) is 4.79 Å². The molecule has 3 heteroatoms. The third kappa shape index (κ3) is 7.06. The first-order chi connectivity index (χ1) is 9.51. The highest BCUT2D eigenvalue weighted by Gasteiger charge is 2.37. The van der Waals surface area contributed by atoms with Crippen LogP contribution in [0.4, 0.5) is 0 Å². The van der Waals surface area contributed by atoms with Crippen LogP contribution in [-0.2, 0) is 14.3 Å². The summed E-state index contributed by atoms with van der Waals surface area (Å²) in [6.07, 6.45) is 9.46. The van der Waals surface area contributed by atoms with Crippen molar-refractivity contribution < 1.29 is 14.3 Å². The van der Waals surface area contributed by atoms with Gasteiger partial charge >= 0.3 is 5.97 Å². The van der Waals surface area contributed by atoms with Crippen LogP contribution in [0.2, 0.25) is 0 Å². The molecule has 3 nitrogen and oxygen atoms in total. The molecule has 1 unspecified atom stereocenters. The molecule has 0 bridgehead atoms. The molecule has 0 aliphatic heterocycles. The molecular weight excluding hydrogens is 252 g/mol. The van der Waals surface area contributed by atoms with E-state index in [9.17, 15) is 9.59 Å². The minimum absolute atomic E-state index is 0.269. The summed E-state index contributed by atoms with van der Waals surface area (Å²) in [6.45, 7) is 8.23. The van der Waals surface area contributed by atoms with Gasteiger partial charge in [0.1, 0.15) is 0 Å². The summed E-state index contributed by atoms with van der Waals surface area (Å²) in [5.74, 6) is -0.983. The quantitative estimate of drug-likeness (QED) is 0.297. The SMILES string of the molecule is CCCCCCCC(C)(CCCC)C(=O)C(=O)OCC. The molecule has 0 N–H and O–H groups in total. The second-order valence-electron chi connectivity index (χ2n) is 5.88. The molecule has 0 radical (unpaired) electrons. The fraction of sp³-hybridized carbons (Fsp3) is 0.882. The van der Waals surface area contributed by atoms with Gasteiger partial charge in [-0.3, -0.25) is 4.79 Å². The summed E-state index contributed by atoms with van der Waals surface area (Å²) in [6, 6.07) is 0. The summed E-state index contributed by atoms with van der Waals surface area (Å²) in [5, 5.41) is 0. The van der Waals surface area contributed by atoms with E-state index < -0.39 is 11.4 Å². The number of ketones is 1. The fourth-order valence-corrected chi connectivity index (χ4v) is 2.48. The molecular formula is C17H32O3. The van der Waals surface area contributed by atoms with Crippen molar-refractivity contribution >= 4 is 11.8 Å². The first kappa shape index (κ1) is 19.1. The summed E-state index contributed by atoms with van der Waals surface area (Å²) < 4.78 is 4.89. The van der Waals surface area contributed by atoms with E-state index >= 15 is 0 Å². The molecule has 0 rings (SSSR count). The molecule has 118 valence electrons. The van der Waals surface area contributed by atoms with Crippen LogP contribution in [0.15, 0.2) is 0 Å². The highest BCUT2D eigenvalue weighted by molar-refractivity contribution is 6.35. The number of ether oxygens (including phenoxy) is 1. The highest BCUT2D eigenvalue weighted by Crippen LogP contribution is 2.32. The molecule has 0 aromatic carbocycles. The van der Waals surface area contributed by atoms with Crippen LogP contribution in [0.3, 0.4) is 0 Å².